The molecule has 3 atom stereocenters. The van der Waals surface area contributed by atoms with Gasteiger partial charge in [0.25, 0.3) is 0 Å². The molecular weight excluding hydrogens is 326 g/mol. The number of hydrogen-bond donors (Lipinski definition) is 2. The molecule has 2 fully saturated rings. The third-order valence-corrected chi connectivity index (χ3v) is 4.89. The number of carbonyl (C=O) groups excluding carboxylic acids is 1. The molecular formula is C18H24F2N4O. The summed E-state index contributed by atoms with van der Waals surface area (Å²) in [4.78, 5) is 17.8. The summed E-state index contributed by atoms with van der Waals surface area (Å²) in [5.41, 5.74) is 0.149. The molecule has 136 valence electrons. The Kier molecular flexibility index (Phi) is 5.20. The Morgan fingerprint density at radius 2 is 2.04 bits per heavy atom. The molecule has 5 nitrogen and oxygen atoms in total. The van der Waals surface area contributed by atoms with E-state index in [1.807, 2.05) is 11.8 Å². The van der Waals surface area contributed by atoms with E-state index in [0.717, 1.165) is 13.0 Å². The highest BCUT2D eigenvalue weighted by atomic mass is 19.1. The summed E-state index contributed by atoms with van der Waals surface area (Å²) in [6.45, 7) is 3.26. The van der Waals surface area contributed by atoms with Gasteiger partial charge in [-0.1, -0.05) is 13.0 Å². The van der Waals surface area contributed by atoms with Gasteiger partial charge in [-0.15, -0.1) is 0 Å². The fraction of sp³-hybridized carbons (Fsp3) is 0.556. The van der Waals surface area contributed by atoms with E-state index in [9.17, 15) is 13.6 Å². The van der Waals surface area contributed by atoms with Gasteiger partial charge < -0.3 is 15.5 Å². The Hall–Kier alpha value is -2.18. The Morgan fingerprint density at radius 3 is 2.68 bits per heavy atom. The van der Waals surface area contributed by atoms with Crippen molar-refractivity contribution in [2.24, 2.45) is 4.99 Å². The summed E-state index contributed by atoms with van der Waals surface area (Å²) in [6, 6.07) is 4.07. The van der Waals surface area contributed by atoms with Gasteiger partial charge in [0.1, 0.15) is 11.6 Å². The molecule has 1 aliphatic heterocycles. The number of benzene rings is 1. The van der Waals surface area contributed by atoms with E-state index < -0.39 is 11.6 Å². The van der Waals surface area contributed by atoms with Crippen molar-refractivity contribution in [3.8, 4) is 0 Å². The Bertz CT molecular complexity index is 659. The highest BCUT2D eigenvalue weighted by molar-refractivity contribution is 5.81. The van der Waals surface area contributed by atoms with Crippen LogP contribution in [0.1, 0.15) is 37.7 Å². The SMILES string of the molecule is CCC(=O)N1CCC(NC(=NC)NC2CC2c2c(F)cccc2F)C1. The molecule has 0 radical (unpaired) electrons. The fourth-order valence-corrected chi connectivity index (χ4v) is 3.41. The maximum atomic E-state index is 13.9. The summed E-state index contributed by atoms with van der Waals surface area (Å²) in [7, 11) is 1.67. The maximum absolute atomic E-state index is 13.9. The normalized spacial score (nSPS) is 25.8. The molecule has 3 rings (SSSR count). The second-order valence-corrected chi connectivity index (χ2v) is 6.62. The zero-order valence-corrected chi connectivity index (χ0v) is 14.6. The average molecular weight is 350 g/mol. The van der Waals surface area contributed by atoms with Crippen LogP contribution in [-0.2, 0) is 4.79 Å². The van der Waals surface area contributed by atoms with Crippen LogP contribution in [0.15, 0.2) is 23.2 Å². The van der Waals surface area contributed by atoms with E-state index in [0.29, 0.717) is 25.3 Å². The topological polar surface area (TPSA) is 56.7 Å². The van der Waals surface area contributed by atoms with Crippen LogP contribution in [-0.4, -0.2) is 49.0 Å². The van der Waals surface area contributed by atoms with Crippen molar-refractivity contribution in [3.63, 3.8) is 0 Å². The molecule has 1 saturated carbocycles. The molecule has 2 aliphatic rings. The predicted molar refractivity (Wildman–Crippen MR) is 92.4 cm³/mol. The second kappa shape index (κ2) is 7.37. The minimum absolute atomic E-state index is 0.0348. The van der Waals surface area contributed by atoms with E-state index >= 15 is 0 Å². The van der Waals surface area contributed by atoms with Crippen molar-refractivity contribution in [2.45, 2.75) is 44.2 Å². The van der Waals surface area contributed by atoms with Crippen molar-refractivity contribution < 1.29 is 13.6 Å². The van der Waals surface area contributed by atoms with Crippen LogP contribution in [0.5, 0.6) is 0 Å². The lowest BCUT2D eigenvalue weighted by Gasteiger charge is -2.19. The summed E-state index contributed by atoms with van der Waals surface area (Å²) < 4.78 is 27.7. The molecule has 1 aromatic rings. The van der Waals surface area contributed by atoms with Gasteiger partial charge in [0, 0.05) is 50.1 Å². The number of carbonyl (C=O) groups is 1. The molecule has 1 aromatic carbocycles. The van der Waals surface area contributed by atoms with E-state index in [-0.39, 0.29) is 29.5 Å². The van der Waals surface area contributed by atoms with Crippen molar-refractivity contribution in [1.82, 2.24) is 15.5 Å². The number of guanidine groups is 1. The van der Waals surface area contributed by atoms with Gasteiger partial charge in [0.05, 0.1) is 0 Å². The fourth-order valence-electron chi connectivity index (χ4n) is 3.41. The van der Waals surface area contributed by atoms with E-state index in [1.165, 1.54) is 18.2 Å². The second-order valence-electron chi connectivity index (χ2n) is 6.62. The standard InChI is InChI=1S/C18H24F2N4O/c1-3-16(25)24-8-7-11(10-24)22-18(21-2)23-15-9-12(15)17-13(19)5-4-6-14(17)20/h4-6,11-12,15H,3,7-10H2,1-2H3,(H2,21,22,23). The minimum atomic E-state index is -0.498. The molecule has 1 heterocycles. The van der Waals surface area contributed by atoms with Crippen LogP contribution < -0.4 is 10.6 Å². The summed E-state index contributed by atoms with van der Waals surface area (Å²) in [5, 5.41) is 6.54. The maximum Gasteiger partial charge on any atom is 0.222 e. The number of likely N-dealkylation sites (tertiary alicyclic amines) is 1. The monoisotopic (exact) mass is 350 g/mol. The third-order valence-electron chi connectivity index (χ3n) is 4.89. The summed E-state index contributed by atoms with van der Waals surface area (Å²) in [6.07, 6.45) is 2.05. The highest BCUT2D eigenvalue weighted by Crippen LogP contribution is 2.43. The van der Waals surface area contributed by atoms with Crippen LogP contribution in [0, 0.1) is 11.6 Å². The van der Waals surface area contributed by atoms with Crippen molar-refractivity contribution in [2.75, 3.05) is 20.1 Å². The molecule has 0 spiro atoms. The van der Waals surface area contributed by atoms with Gasteiger partial charge >= 0.3 is 0 Å². The minimum Gasteiger partial charge on any atom is -0.353 e. The summed E-state index contributed by atoms with van der Waals surface area (Å²) >= 11 is 0. The first-order valence-electron chi connectivity index (χ1n) is 8.75. The zero-order chi connectivity index (χ0) is 18.0. The molecule has 25 heavy (non-hydrogen) atoms. The summed E-state index contributed by atoms with van der Waals surface area (Å²) in [5.74, 6) is -0.408. The van der Waals surface area contributed by atoms with Gasteiger partial charge in [-0.3, -0.25) is 9.79 Å². The van der Waals surface area contributed by atoms with Gasteiger partial charge in [-0.25, -0.2) is 8.78 Å². The quantitative estimate of drug-likeness (QED) is 0.645. The first kappa shape index (κ1) is 17.6. The van der Waals surface area contributed by atoms with Crippen molar-refractivity contribution >= 4 is 11.9 Å². The van der Waals surface area contributed by atoms with Crippen LogP contribution in [0.25, 0.3) is 0 Å². The number of nitrogens with one attached hydrogen (secondary N) is 2. The number of aliphatic imine (C=N–C) groups is 1. The molecule has 0 aromatic heterocycles. The molecule has 0 bridgehead atoms. The molecule has 1 saturated heterocycles. The average Bonchev–Trinajstić information content (AvgIpc) is 3.17. The third kappa shape index (κ3) is 3.91. The highest BCUT2D eigenvalue weighted by Gasteiger charge is 2.42. The number of rotatable bonds is 4. The van der Waals surface area contributed by atoms with Gasteiger partial charge in [0.2, 0.25) is 5.91 Å². The molecule has 1 aliphatic carbocycles. The van der Waals surface area contributed by atoms with Gasteiger partial charge in [-0.05, 0) is 25.0 Å². The first-order valence-corrected chi connectivity index (χ1v) is 8.75. The van der Waals surface area contributed by atoms with Gasteiger partial charge in [-0.2, -0.15) is 0 Å². The van der Waals surface area contributed by atoms with E-state index in [1.54, 1.807) is 7.05 Å². The van der Waals surface area contributed by atoms with Gasteiger partial charge in [0.15, 0.2) is 5.96 Å². The lowest BCUT2D eigenvalue weighted by molar-refractivity contribution is -0.129. The molecule has 2 N–H and O–H groups in total. The van der Waals surface area contributed by atoms with Crippen molar-refractivity contribution in [1.29, 1.82) is 0 Å². The smallest absolute Gasteiger partial charge is 0.222 e. The van der Waals surface area contributed by atoms with Crippen LogP contribution >= 0.6 is 0 Å². The Labute approximate surface area is 146 Å². The van der Waals surface area contributed by atoms with Crippen molar-refractivity contribution in [3.05, 3.63) is 35.4 Å². The molecule has 1 amide bonds. The number of hydrogen-bond acceptors (Lipinski definition) is 2. The zero-order valence-electron chi connectivity index (χ0n) is 14.6. The first-order chi connectivity index (χ1) is 12.0. The van der Waals surface area contributed by atoms with Crippen LogP contribution in [0.3, 0.4) is 0 Å². The molecule has 3 unspecified atom stereocenters. The van der Waals surface area contributed by atoms with E-state index in [4.69, 9.17) is 0 Å². The number of nitrogens with zero attached hydrogens (tertiary/aromatic N) is 2. The Balaban J connectivity index is 1.54. The van der Waals surface area contributed by atoms with Crippen LogP contribution in [0.4, 0.5) is 8.78 Å². The Morgan fingerprint density at radius 1 is 1.32 bits per heavy atom. The van der Waals surface area contributed by atoms with E-state index in [2.05, 4.69) is 15.6 Å². The predicted octanol–water partition coefficient (Wildman–Crippen LogP) is 2.00. The molecule has 7 heteroatoms. The number of amides is 1. The largest absolute Gasteiger partial charge is 0.353 e. The number of halogens is 2. The lowest BCUT2D eigenvalue weighted by atomic mass is 10.1. The van der Waals surface area contributed by atoms with Crippen LogP contribution in [0.2, 0.25) is 0 Å². The lowest BCUT2D eigenvalue weighted by Crippen LogP contribution is -2.46.